The van der Waals surface area contributed by atoms with E-state index in [0.717, 1.165) is 45.6 Å². The number of fused-ring (bicyclic) bond motifs is 6. The van der Waals surface area contributed by atoms with Crippen LogP contribution in [0.25, 0.3) is 22.1 Å². The smallest absolute Gasteiger partial charge is 0.336 e. The molecule has 0 fully saturated rings. The van der Waals surface area contributed by atoms with E-state index in [1.165, 1.54) is 0 Å². The average molecular weight is 405 g/mol. The third kappa shape index (κ3) is 2.62. The van der Waals surface area contributed by atoms with Crippen molar-refractivity contribution >= 4 is 11.0 Å². The zero-order valence-corrected chi connectivity index (χ0v) is 18.2. The van der Waals surface area contributed by atoms with E-state index in [1.54, 1.807) is 6.07 Å². The summed E-state index contributed by atoms with van der Waals surface area (Å²) in [5, 5.41) is 0.898. The minimum absolute atomic E-state index is 0.0452. The third-order valence-electron chi connectivity index (χ3n) is 7.22. The van der Waals surface area contributed by atoms with Gasteiger partial charge in [0.25, 0.3) is 0 Å². The van der Waals surface area contributed by atoms with E-state index < -0.39 is 0 Å². The lowest BCUT2D eigenvalue weighted by atomic mass is 9.78. The van der Waals surface area contributed by atoms with E-state index in [0.29, 0.717) is 11.5 Å². The van der Waals surface area contributed by atoms with Crippen molar-refractivity contribution in [2.45, 2.75) is 65.1 Å². The average Bonchev–Trinajstić information content (AvgIpc) is 3.07. The Morgan fingerprint density at radius 3 is 2.30 bits per heavy atom. The van der Waals surface area contributed by atoms with Crippen molar-refractivity contribution < 1.29 is 13.9 Å². The summed E-state index contributed by atoms with van der Waals surface area (Å²) in [6.07, 6.45) is 1.10. The molecule has 4 heteroatoms. The highest BCUT2D eigenvalue weighted by Gasteiger charge is 2.43. The number of rotatable bonds is 2. The maximum atomic E-state index is 12.7. The first-order valence-electron chi connectivity index (χ1n) is 11.0. The van der Waals surface area contributed by atoms with Gasteiger partial charge in [-0.15, -0.1) is 0 Å². The van der Waals surface area contributed by atoms with Crippen molar-refractivity contribution in [3.63, 3.8) is 0 Å². The summed E-state index contributed by atoms with van der Waals surface area (Å²) in [6, 6.07) is 11.6. The van der Waals surface area contributed by atoms with E-state index in [-0.39, 0.29) is 29.7 Å². The Kier molecular flexibility index (Phi) is 4.42. The minimum atomic E-state index is -0.347. The molecule has 0 spiro atoms. The SMILES string of the molecule is CC[C@@H]1c2c3c(c4oc(=O)cc(-c5ccccc5)c4c2O[C@@H]1C)[C@@H](C)[C@@H](C)[C@@H](C)O3. The number of hydrogen-bond donors (Lipinski definition) is 0. The molecule has 0 unspecified atom stereocenters. The fourth-order valence-corrected chi connectivity index (χ4v) is 5.24. The maximum absolute atomic E-state index is 12.7. The standard InChI is InChI=1S/C26H28O4/c1-6-18-16(5)29-26-22(18)24-21(14(3)13(2)15(4)28-24)25-23(26)19(12-20(27)30-25)17-10-8-7-9-11-17/h7-16,18H,6H2,1-5H3/t13-,14+,15-,16-,18+/m1/s1. The Morgan fingerprint density at radius 2 is 1.60 bits per heavy atom. The van der Waals surface area contributed by atoms with Crippen molar-refractivity contribution in [3.8, 4) is 22.6 Å². The predicted octanol–water partition coefficient (Wildman–Crippen LogP) is 6.26. The molecule has 2 aliphatic rings. The predicted molar refractivity (Wildman–Crippen MR) is 119 cm³/mol. The van der Waals surface area contributed by atoms with Gasteiger partial charge in [-0.05, 0) is 37.7 Å². The summed E-state index contributed by atoms with van der Waals surface area (Å²) in [5.41, 5.74) is 4.28. The van der Waals surface area contributed by atoms with E-state index in [1.807, 2.05) is 30.3 Å². The zero-order valence-electron chi connectivity index (χ0n) is 18.2. The fourth-order valence-electron chi connectivity index (χ4n) is 5.24. The largest absolute Gasteiger partial charge is 0.490 e. The van der Waals surface area contributed by atoms with Crippen molar-refractivity contribution in [1.29, 1.82) is 0 Å². The third-order valence-corrected chi connectivity index (χ3v) is 7.22. The molecule has 0 amide bonds. The van der Waals surface area contributed by atoms with Gasteiger partial charge in [-0.2, -0.15) is 0 Å². The second-order valence-corrected chi connectivity index (χ2v) is 8.84. The molecule has 0 aliphatic carbocycles. The molecule has 0 saturated carbocycles. The van der Waals surface area contributed by atoms with Crippen molar-refractivity contribution in [3.05, 3.63) is 57.9 Å². The van der Waals surface area contributed by atoms with Gasteiger partial charge in [-0.3, -0.25) is 0 Å². The van der Waals surface area contributed by atoms with Crippen LogP contribution in [0.2, 0.25) is 0 Å². The molecule has 5 atom stereocenters. The van der Waals surface area contributed by atoms with Crippen molar-refractivity contribution in [2.24, 2.45) is 5.92 Å². The molecule has 0 saturated heterocycles. The van der Waals surface area contributed by atoms with Gasteiger partial charge >= 0.3 is 5.63 Å². The van der Waals surface area contributed by atoms with Crippen molar-refractivity contribution in [2.75, 3.05) is 0 Å². The van der Waals surface area contributed by atoms with Crippen LogP contribution in [0.1, 0.15) is 64.0 Å². The molecule has 2 aromatic carbocycles. The molecule has 2 aliphatic heterocycles. The van der Waals surface area contributed by atoms with Gasteiger partial charge in [0.1, 0.15) is 23.2 Å². The van der Waals surface area contributed by atoms with Gasteiger partial charge in [0.2, 0.25) is 0 Å². The molecule has 156 valence electrons. The molecule has 1 aromatic heterocycles. The summed E-state index contributed by atoms with van der Waals surface area (Å²) in [4.78, 5) is 12.7. The number of hydrogen-bond acceptors (Lipinski definition) is 4. The van der Waals surface area contributed by atoms with Crippen molar-refractivity contribution in [1.82, 2.24) is 0 Å². The van der Waals surface area contributed by atoms with Crippen LogP contribution in [0.4, 0.5) is 0 Å². The van der Waals surface area contributed by atoms with Crippen LogP contribution in [0.5, 0.6) is 11.5 Å². The minimum Gasteiger partial charge on any atom is -0.490 e. The van der Waals surface area contributed by atoms with E-state index in [4.69, 9.17) is 13.9 Å². The van der Waals surface area contributed by atoms with Crippen LogP contribution in [0.15, 0.2) is 45.6 Å². The van der Waals surface area contributed by atoms with Gasteiger partial charge in [-0.25, -0.2) is 4.79 Å². The first kappa shape index (κ1) is 19.2. The highest BCUT2D eigenvalue weighted by Crippen LogP contribution is 2.57. The summed E-state index contributed by atoms with van der Waals surface area (Å²) in [7, 11) is 0. The van der Waals surface area contributed by atoms with Gasteiger partial charge in [0.05, 0.1) is 11.5 Å². The van der Waals surface area contributed by atoms with Gasteiger partial charge in [0.15, 0.2) is 0 Å². The highest BCUT2D eigenvalue weighted by atomic mass is 16.5. The molecule has 30 heavy (non-hydrogen) atoms. The second-order valence-electron chi connectivity index (χ2n) is 8.84. The number of ether oxygens (including phenoxy) is 2. The fraction of sp³-hybridized carbons (Fsp3) is 0.423. The van der Waals surface area contributed by atoms with Crippen LogP contribution in [0, 0.1) is 5.92 Å². The Labute approximate surface area is 176 Å². The van der Waals surface area contributed by atoms with Gasteiger partial charge in [-0.1, -0.05) is 51.1 Å². The molecular weight excluding hydrogens is 376 g/mol. The zero-order chi connectivity index (χ0) is 21.2. The second kappa shape index (κ2) is 6.90. The lowest BCUT2D eigenvalue weighted by molar-refractivity contribution is 0.120. The molecule has 0 bridgehead atoms. The van der Waals surface area contributed by atoms with E-state index >= 15 is 0 Å². The van der Waals surface area contributed by atoms with Crippen LogP contribution < -0.4 is 15.1 Å². The molecule has 5 rings (SSSR count). The topological polar surface area (TPSA) is 48.7 Å². The van der Waals surface area contributed by atoms with E-state index in [9.17, 15) is 4.79 Å². The highest BCUT2D eigenvalue weighted by molar-refractivity contribution is 6.02. The van der Waals surface area contributed by atoms with Crippen LogP contribution in [0.3, 0.4) is 0 Å². The Morgan fingerprint density at radius 1 is 0.900 bits per heavy atom. The first-order valence-corrected chi connectivity index (χ1v) is 11.0. The summed E-state index contributed by atoms with van der Waals surface area (Å²) in [5.74, 6) is 2.46. The molecule has 4 nitrogen and oxygen atoms in total. The van der Waals surface area contributed by atoms with Crippen LogP contribution in [-0.2, 0) is 0 Å². The van der Waals surface area contributed by atoms with Crippen LogP contribution in [-0.4, -0.2) is 12.2 Å². The maximum Gasteiger partial charge on any atom is 0.336 e. The monoisotopic (exact) mass is 404 g/mol. The van der Waals surface area contributed by atoms with Gasteiger partial charge in [0, 0.05) is 28.7 Å². The summed E-state index contributed by atoms with van der Waals surface area (Å²) < 4.78 is 18.8. The van der Waals surface area contributed by atoms with E-state index in [2.05, 4.69) is 34.6 Å². The number of benzene rings is 2. The summed E-state index contributed by atoms with van der Waals surface area (Å²) >= 11 is 0. The molecule has 3 heterocycles. The molecule has 0 N–H and O–H groups in total. The van der Waals surface area contributed by atoms with Gasteiger partial charge < -0.3 is 13.9 Å². The Balaban J connectivity index is 1.96. The Bertz CT molecular complexity index is 1180. The molecular formula is C26H28O4. The first-order chi connectivity index (χ1) is 14.4. The summed E-state index contributed by atoms with van der Waals surface area (Å²) in [6.45, 7) is 10.8. The Hall–Kier alpha value is -2.75. The lowest BCUT2D eigenvalue weighted by Crippen LogP contribution is -2.32. The molecule has 0 radical (unpaired) electrons. The lowest BCUT2D eigenvalue weighted by Gasteiger charge is -2.36. The normalized spacial score (nSPS) is 27.3. The quantitative estimate of drug-likeness (QED) is 0.473. The molecule has 3 aromatic rings. The van der Waals surface area contributed by atoms with Crippen LogP contribution >= 0.6 is 0 Å².